The van der Waals surface area contributed by atoms with Gasteiger partial charge in [0.15, 0.2) is 0 Å². The van der Waals surface area contributed by atoms with E-state index >= 15 is 0 Å². The van der Waals surface area contributed by atoms with Gasteiger partial charge < -0.3 is 10.5 Å². The maximum atomic E-state index is 6.13. The van der Waals surface area contributed by atoms with Crippen LogP contribution >= 0.6 is 0 Å². The van der Waals surface area contributed by atoms with Gasteiger partial charge in [-0.3, -0.25) is 0 Å². The molecule has 0 heterocycles. The van der Waals surface area contributed by atoms with Crippen molar-refractivity contribution in [1.29, 1.82) is 0 Å². The normalized spacial score (nSPS) is 16.5. The molecule has 2 nitrogen and oxygen atoms in total. The summed E-state index contributed by atoms with van der Waals surface area (Å²) in [5, 5.41) is 0. The molecular formula is C15H25NO. The zero-order valence-electron chi connectivity index (χ0n) is 11.2. The second kappa shape index (κ2) is 7.46. The highest BCUT2D eigenvalue weighted by molar-refractivity contribution is 5.13. The molecule has 0 bridgehead atoms. The number of hydrogen-bond donors (Lipinski definition) is 1. The van der Waals surface area contributed by atoms with Crippen LogP contribution in [0, 0.1) is 5.92 Å². The van der Waals surface area contributed by atoms with Crippen LogP contribution in [0.5, 0.6) is 0 Å². The van der Waals surface area contributed by atoms with Gasteiger partial charge in [0, 0.05) is 6.04 Å². The fourth-order valence-electron chi connectivity index (χ4n) is 1.75. The van der Waals surface area contributed by atoms with Gasteiger partial charge in [0.2, 0.25) is 0 Å². The van der Waals surface area contributed by atoms with Crippen LogP contribution in [0.4, 0.5) is 0 Å². The zero-order valence-corrected chi connectivity index (χ0v) is 11.2. The lowest BCUT2D eigenvalue weighted by Gasteiger charge is -2.23. The summed E-state index contributed by atoms with van der Waals surface area (Å²) in [4.78, 5) is 0. The van der Waals surface area contributed by atoms with Crippen molar-refractivity contribution in [1.82, 2.24) is 0 Å². The van der Waals surface area contributed by atoms with E-state index in [1.807, 2.05) is 18.2 Å². The molecule has 0 radical (unpaired) electrons. The fourth-order valence-corrected chi connectivity index (χ4v) is 1.75. The topological polar surface area (TPSA) is 35.2 Å². The minimum Gasteiger partial charge on any atom is -0.372 e. The SMILES string of the molecule is CCC(C)CC(N)C(C)OCc1ccccc1. The van der Waals surface area contributed by atoms with Crippen LogP contribution in [0.25, 0.3) is 0 Å². The number of rotatable bonds is 7. The third kappa shape index (κ3) is 5.33. The number of hydrogen-bond acceptors (Lipinski definition) is 2. The molecule has 0 saturated carbocycles. The van der Waals surface area contributed by atoms with E-state index in [1.54, 1.807) is 0 Å². The van der Waals surface area contributed by atoms with Gasteiger partial charge in [-0.25, -0.2) is 0 Å². The highest BCUT2D eigenvalue weighted by atomic mass is 16.5. The van der Waals surface area contributed by atoms with E-state index in [9.17, 15) is 0 Å². The van der Waals surface area contributed by atoms with Gasteiger partial charge in [0.25, 0.3) is 0 Å². The molecule has 0 fully saturated rings. The number of benzene rings is 1. The summed E-state index contributed by atoms with van der Waals surface area (Å²) in [5.74, 6) is 0.674. The Morgan fingerprint density at radius 1 is 1.18 bits per heavy atom. The molecule has 2 N–H and O–H groups in total. The highest BCUT2D eigenvalue weighted by Gasteiger charge is 2.15. The lowest BCUT2D eigenvalue weighted by atomic mass is 9.97. The summed E-state index contributed by atoms with van der Waals surface area (Å²) in [6.45, 7) is 7.16. The molecule has 1 rings (SSSR count). The van der Waals surface area contributed by atoms with Crippen molar-refractivity contribution >= 4 is 0 Å². The minimum atomic E-state index is 0.115. The van der Waals surface area contributed by atoms with Crippen LogP contribution in [0.2, 0.25) is 0 Å². The van der Waals surface area contributed by atoms with E-state index in [0.29, 0.717) is 12.5 Å². The Kier molecular flexibility index (Phi) is 6.23. The van der Waals surface area contributed by atoms with E-state index in [2.05, 4.69) is 32.9 Å². The summed E-state index contributed by atoms with van der Waals surface area (Å²) in [6.07, 6.45) is 2.33. The van der Waals surface area contributed by atoms with Crippen molar-refractivity contribution in [3.8, 4) is 0 Å². The van der Waals surface area contributed by atoms with Crippen molar-refractivity contribution in [2.75, 3.05) is 0 Å². The first-order chi connectivity index (χ1) is 8.13. The lowest BCUT2D eigenvalue weighted by Crippen LogP contribution is -2.35. The standard InChI is InChI=1S/C15H25NO/c1-4-12(2)10-15(16)13(3)17-11-14-8-6-5-7-9-14/h5-9,12-13,15H,4,10-11,16H2,1-3H3. The first-order valence-corrected chi connectivity index (χ1v) is 6.54. The Morgan fingerprint density at radius 3 is 2.41 bits per heavy atom. The van der Waals surface area contributed by atoms with Crippen LogP contribution in [-0.2, 0) is 11.3 Å². The Bertz CT molecular complexity index is 299. The van der Waals surface area contributed by atoms with Crippen molar-refractivity contribution in [2.45, 2.75) is 52.4 Å². The highest BCUT2D eigenvalue weighted by Crippen LogP contribution is 2.13. The summed E-state index contributed by atoms with van der Waals surface area (Å²) < 4.78 is 5.81. The molecule has 0 saturated heterocycles. The van der Waals surface area contributed by atoms with Crippen LogP contribution in [0.15, 0.2) is 30.3 Å². The van der Waals surface area contributed by atoms with E-state index < -0.39 is 0 Å². The first kappa shape index (κ1) is 14.2. The van der Waals surface area contributed by atoms with Crippen molar-refractivity contribution in [3.05, 3.63) is 35.9 Å². The molecule has 1 aromatic carbocycles. The predicted octanol–water partition coefficient (Wildman–Crippen LogP) is 3.36. The lowest BCUT2D eigenvalue weighted by molar-refractivity contribution is 0.0310. The average Bonchev–Trinajstić information content (AvgIpc) is 2.36. The Morgan fingerprint density at radius 2 is 1.82 bits per heavy atom. The monoisotopic (exact) mass is 235 g/mol. The molecule has 17 heavy (non-hydrogen) atoms. The molecule has 0 aliphatic heterocycles. The summed E-state index contributed by atoms with van der Waals surface area (Å²) in [6, 6.07) is 10.4. The molecule has 3 atom stereocenters. The third-order valence-electron chi connectivity index (χ3n) is 3.33. The van der Waals surface area contributed by atoms with Crippen molar-refractivity contribution in [2.24, 2.45) is 11.7 Å². The second-order valence-corrected chi connectivity index (χ2v) is 4.91. The molecular weight excluding hydrogens is 210 g/mol. The Labute approximate surface area is 105 Å². The van der Waals surface area contributed by atoms with Crippen molar-refractivity contribution in [3.63, 3.8) is 0 Å². The van der Waals surface area contributed by atoms with Crippen LogP contribution in [0.1, 0.15) is 39.2 Å². The molecule has 96 valence electrons. The van der Waals surface area contributed by atoms with Gasteiger partial charge in [-0.1, -0.05) is 50.6 Å². The molecule has 3 unspecified atom stereocenters. The largest absolute Gasteiger partial charge is 0.372 e. The Hall–Kier alpha value is -0.860. The first-order valence-electron chi connectivity index (χ1n) is 6.54. The zero-order chi connectivity index (χ0) is 12.7. The molecule has 2 heteroatoms. The van der Waals surface area contributed by atoms with Gasteiger partial charge in [0.1, 0.15) is 0 Å². The predicted molar refractivity (Wildman–Crippen MR) is 72.7 cm³/mol. The minimum absolute atomic E-state index is 0.115. The van der Waals surface area contributed by atoms with Crippen molar-refractivity contribution < 1.29 is 4.74 Å². The maximum absolute atomic E-state index is 6.13. The maximum Gasteiger partial charge on any atom is 0.0721 e. The molecule has 0 spiro atoms. The second-order valence-electron chi connectivity index (χ2n) is 4.91. The average molecular weight is 235 g/mol. The van der Waals surface area contributed by atoms with Gasteiger partial charge >= 0.3 is 0 Å². The van der Waals surface area contributed by atoms with E-state index in [4.69, 9.17) is 10.5 Å². The smallest absolute Gasteiger partial charge is 0.0721 e. The van der Waals surface area contributed by atoms with Gasteiger partial charge in [0.05, 0.1) is 12.7 Å². The molecule has 0 aromatic heterocycles. The van der Waals surface area contributed by atoms with E-state index in [1.165, 1.54) is 12.0 Å². The molecule has 0 aliphatic rings. The van der Waals surface area contributed by atoms with Crippen LogP contribution < -0.4 is 5.73 Å². The Balaban J connectivity index is 2.31. The molecule has 0 aliphatic carbocycles. The molecule has 1 aromatic rings. The third-order valence-corrected chi connectivity index (χ3v) is 3.33. The van der Waals surface area contributed by atoms with Crippen LogP contribution in [0.3, 0.4) is 0 Å². The molecule has 0 amide bonds. The van der Waals surface area contributed by atoms with E-state index in [-0.39, 0.29) is 12.1 Å². The summed E-state index contributed by atoms with van der Waals surface area (Å²) in [7, 11) is 0. The quantitative estimate of drug-likeness (QED) is 0.786. The van der Waals surface area contributed by atoms with Gasteiger partial charge in [-0.05, 0) is 24.8 Å². The summed E-state index contributed by atoms with van der Waals surface area (Å²) >= 11 is 0. The fraction of sp³-hybridized carbons (Fsp3) is 0.600. The van der Waals surface area contributed by atoms with Gasteiger partial charge in [-0.15, -0.1) is 0 Å². The van der Waals surface area contributed by atoms with Crippen LogP contribution in [-0.4, -0.2) is 12.1 Å². The number of ether oxygens (including phenoxy) is 1. The van der Waals surface area contributed by atoms with Gasteiger partial charge in [-0.2, -0.15) is 0 Å². The summed E-state index contributed by atoms with van der Waals surface area (Å²) in [5.41, 5.74) is 7.34. The van der Waals surface area contributed by atoms with E-state index in [0.717, 1.165) is 6.42 Å². The number of nitrogens with two attached hydrogens (primary N) is 1.